The number of aromatic nitrogens is 4. The monoisotopic (exact) mass is 331 g/mol. The van der Waals surface area contributed by atoms with E-state index in [2.05, 4.69) is 26.2 Å². The van der Waals surface area contributed by atoms with E-state index in [0.29, 0.717) is 5.56 Å². The Bertz CT molecular complexity index is 1030. The van der Waals surface area contributed by atoms with Crippen molar-refractivity contribution in [1.29, 1.82) is 0 Å². The summed E-state index contributed by atoms with van der Waals surface area (Å²) in [6, 6.07) is 9.68. The van der Waals surface area contributed by atoms with Gasteiger partial charge in [-0.25, -0.2) is 4.98 Å². The summed E-state index contributed by atoms with van der Waals surface area (Å²) in [6.07, 6.45) is 7.42. The first-order valence-corrected chi connectivity index (χ1v) is 7.92. The lowest BCUT2D eigenvalue weighted by Crippen LogP contribution is -2.21. The van der Waals surface area contributed by atoms with Crippen LogP contribution in [0.25, 0.3) is 33.3 Å². The van der Waals surface area contributed by atoms with Gasteiger partial charge in [0.1, 0.15) is 5.65 Å². The number of hydrogen-bond donors (Lipinski definition) is 2. The predicted molar refractivity (Wildman–Crippen MR) is 97.1 cm³/mol. The molecule has 0 aliphatic carbocycles. The molecule has 3 heterocycles. The van der Waals surface area contributed by atoms with Crippen LogP contribution < -0.4 is 0 Å². The Hall–Kier alpha value is -3.41. The summed E-state index contributed by atoms with van der Waals surface area (Å²) in [4.78, 5) is 21.3. The van der Waals surface area contributed by atoms with Crippen molar-refractivity contribution in [3.8, 4) is 22.3 Å². The number of amides is 1. The number of rotatable bonds is 3. The fraction of sp³-hybridized carbons (Fsp3) is 0.105. The summed E-state index contributed by atoms with van der Waals surface area (Å²) in [5.74, 6) is -0.00648. The Morgan fingerprint density at radius 3 is 2.48 bits per heavy atom. The molecule has 0 atom stereocenters. The highest BCUT2D eigenvalue weighted by Crippen LogP contribution is 2.30. The molecule has 3 aromatic heterocycles. The quantitative estimate of drug-likeness (QED) is 0.604. The number of nitrogens with zero attached hydrogens (tertiary/aromatic N) is 3. The number of carbonyl (C=O) groups is 1. The van der Waals surface area contributed by atoms with Gasteiger partial charge >= 0.3 is 0 Å². The van der Waals surface area contributed by atoms with Crippen molar-refractivity contribution in [2.45, 2.75) is 0 Å². The number of hydrogen-bond acceptors (Lipinski definition) is 3. The zero-order chi connectivity index (χ0) is 17.4. The lowest BCUT2D eigenvalue weighted by atomic mass is 10.0. The van der Waals surface area contributed by atoms with Gasteiger partial charge in [-0.15, -0.1) is 0 Å². The van der Waals surface area contributed by atoms with Gasteiger partial charge in [0.25, 0.3) is 5.91 Å². The van der Waals surface area contributed by atoms with Crippen LogP contribution in [-0.2, 0) is 0 Å². The van der Waals surface area contributed by atoms with Crippen LogP contribution in [0.2, 0.25) is 0 Å². The standard InChI is InChI=1S/C19H17N5O/c1-24(2)19(25)13-5-3-12(4-6-13)14-7-16-17(15-9-22-23-10-15)11-21-18(16)20-8-14/h3-11H,1-2H3,(H,20,21)(H,22,23). The third kappa shape index (κ3) is 2.67. The van der Waals surface area contributed by atoms with Gasteiger partial charge in [0.15, 0.2) is 0 Å². The van der Waals surface area contributed by atoms with Gasteiger partial charge in [-0.2, -0.15) is 5.10 Å². The second kappa shape index (κ2) is 5.90. The predicted octanol–water partition coefficient (Wildman–Crippen LogP) is 3.32. The Morgan fingerprint density at radius 1 is 1.00 bits per heavy atom. The highest BCUT2D eigenvalue weighted by atomic mass is 16.2. The number of carbonyl (C=O) groups excluding carboxylic acids is 1. The van der Waals surface area contributed by atoms with Crippen LogP contribution in [-0.4, -0.2) is 45.1 Å². The molecule has 0 unspecified atom stereocenters. The molecule has 0 aliphatic rings. The van der Waals surface area contributed by atoms with Crippen molar-refractivity contribution < 1.29 is 4.79 Å². The van der Waals surface area contributed by atoms with Crippen molar-refractivity contribution >= 4 is 16.9 Å². The molecular formula is C19H17N5O. The zero-order valence-electron chi connectivity index (χ0n) is 13.9. The van der Waals surface area contributed by atoms with E-state index in [1.54, 1.807) is 25.2 Å². The molecule has 0 spiro atoms. The zero-order valence-corrected chi connectivity index (χ0v) is 13.9. The summed E-state index contributed by atoms with van der Waals surface area (Å²) in [6.45, 7) is 0. The molecule has 4 rings (SSSR count). The molecule has 0 radical (unpaired) electrons. The summed E-state index contributed by atoms with van der Waals surface area (Å²) in [5.41, 5.74) is 5.59. The lowest BCUT2D eigenvalue weighted by Gasteiger charge is -2.10. The van der Waals surface area contributed by atoms with Gasteiger partial charge in [-0.05, 0) is 23.8 Å². The normalized spacial score (nSPS) is 11.0. The number of aromatic amines is 2. The highest BCUT2D eigenvalue weighted by Gasteiger charge is 2.11. The summed E-state index contributed by atoms with van der Waals surface area (Å²) in [5, 5.41) is 7.88. The van der Waals surface area contributed by atoms with Crippen molar-refractivity contribution in [2.75, 3.05) is 14.1 Å². The van der Waals surface area contributed by atoms with Crippen LogP contribution in [0.15, 0.2) is 55.1 Å². The molecule has 6 nitrogen and oxygen atoms in total. The molecule has 0 saturated carbocycles. The molecule has 0 aliphatic heterocycles. The van der Waals surface area contributed by atoms with Crippen LogP contribution in [0.4, 0.5) is 0 Å². The topological polar surface area (TPSA) is 77.7 Å². The maximum atomic E-state index is 12.0. The minimum Gasteiger partial charge on any atom is -0.346 e. The van der Waals surface area contributed by atoms with Crippen molar-refractivity contribution in [2.24, 2.45) is 0 Å². The fourth-order valence-electron chi connectivity index (χ4n) is 2.86. The van der Waals surface area contributed by atoms with Crippen LogP contribution >= 0.6 is 0 Å². The van der Waals surface area contributed by atoms with E-state index in [1.807, 2.05) is 42.9 Å². The average molecular weight is 331 g/mol. The number of fused-ring (bicyclic) bond motifs is 1. The van der Waals surface area contributed by atoms with Crippen LogP contribution in [0.1, 0.15) is 10.4 Å². The molecule has 6 heteroatoms. The number of benzene rings is 1. The average Bonchev–Trinajstić information content (AvgIpc) is 3.29. The molecule has 1 amide bonds. The first-order chi connectivity index (χ1) is 12.1. The maximum Gasteiger partial charge on any atom is 0.253 e. The largest absolute Gasteiger partial charge is 0.346 e. The lowest BCUT2D eigenvalue weighted by molar-refractivity contribution is 0.0827. The summed E-state index contributed by atoms with van der Waals surface area (Å²) < 4.78 is 0. The summed E-state index contributed by atoms with van der Waals surface area (Å²) in [7, 11) is 3.49. The first kappa shape index (κ1) is 15.1. The van der Waals surface area contributed by atoms with E-state index in [4.69, 9.17) is 0 Å². The Morgan fingerprint density at radius 2 is 1.80 bits per heavy atom. The SMILES string of the molecule is CN(C)C(=O)c1ccc(-c2cnc3[nH]cc(-c4cn[nH]c4)c3c2)cc1. The number of nitrogens with one attached hydrogen (secondary N) is 2. The van der Waals surface area contributed by atoms with E-state index in [0.717, 1.165) is 33.3 Å². The van der Waals surface area contributed by atoms with Crippen LogP contribution in [0.5, 0.6) is 0 Å². The van der Waals surface area contributed by atoms with Crippen molar-refractivity contribution in [3.05, 3.63) is 60.7 Å². The molecule has 0 fully saturated rings. The second-order valence-corrected chi connectivity index (χ2v) is 6.09. The number of H-pyrrole nitrogens is 2. The first-order valence-electron chi connectivity index (χ1n) is 7.92. The van der Waals surface area contributed by atoms with E-state index < -0.39 is 0 Å². The minimum atomic E-state index is -0.00648. The summed E-state index contributed by atoms with van der Waals surface area (Å²) >= 11 is 0. The molecule has 0 bridgehead atoms. The molecule has 2 N–H and O–H groups in total. The Labute approximate surface area is 144 Å². The van der Waals surface area contributed by atoms with E-state index in [-0.39, 0.29) is 5.91 Å². The van der Waals surface area contributed by atoms with E-state index in [1.165, 1.54) is 0 Å². The Kier molecular flexibility index (Phi) is 3.57. The molecular weight excluding hydrogens is 314 g/mol. The van der Waals surface area contributed by atoms with Crippen molar-refractivity contribution in [3.63, 3.8) is 0 Å². The van der Waals surface area contributed by atoms with Crippen LogP contribution in [0.3, 0.4) is 0 Å². The third-order valence-corrected chi connectivity index (χ3v) is 4.21. The fourth-order valence-corrected chi connectivity index (χ4v) is 2.86. The molecule has 124 valence electrons. The number of pyridine rings is 1. The van der Waals surface area contributed by atoms with Crippen LogP contribution in [0, 0.1) is 0 Å². The van der Waals surface area contributed by atoms with E-state index in [9.17, 15) is 4.79 Å². The van der Waals surface area contributed by atoms with E-state index >= 15 is 0 Å². The second-order valence-electron chi connectivity index (χ2n) is 6.09. The van der Waals surface area contributed by atoms with Gasteiger partial charge in [0, 0.05) is 60.3 Å². The van der Waals surface area contributed by atoms with Crippen molar-refractivity contribution in [1.82, 2.24) is 25.1 Å². The molecule has 25 heavy (non-hydrogen) atoms. The molecule has 1 aromatic carbocycles. The highest BCUT2D eigenvalue weighted by molar-refractivity contribution is 5.96. The minimum absolute atomic E-state index is 0.00648. The smallest absolute Gasteiger partial charge is 0.253 e. The third-order valence-electron chi connectivity index (χ3n) is 4.21. The molecule has 4 aromatic rings. The Balaban J connectivity index is 1.74. The van der Waals surface area contributed by atoms with Gasteiger partial charge < -0.3 is 9.88 Å². The van der Waals surface area contributed by atoms with Gasteiger partial charge in [0.05, 0.1) is 6.20 Å². The molecule has 0 saturated heterocycles. The van der Waals surface area contributed by atoms with Gasteiger partial charge in [-0.1, -0.05) is 12.1 Å². The maximum absolute atomic E-state index is 12.0. The van der Waals surface area contributed by atoms with Gasteiger partial charge in [0.2, 0.25) is 0 Å². The van der Waals surface area contributed by atoms with Gasteiger partial charge in [-0.3, -0.25) is 9.89 Å².